The number of benzene rings is 1. The number of para-hydroxylation sites is 1. The van der Waals surface area contributed by atoms with Crippen molar-refractivity contribution in [3.63, 3.8) is 0 Å². The van der Waals surface area contributed by atoms with Gasteiger partial charge >= 0.3 is 5.97 Å². The van der Waals surface area contributed by atoms with E-state index in [1.807, 2.05) is 39.0 Å². The quantitative estimate of drug-likeness (QED) is 0.497. The van der Waals surface area contributed by atoms with E-state index in [4.69, 9.17) is 9.15 Å². The zero-order chi connectivity index (χ0) is 22.5. The molecule has 2 amide bonds. The lowest BCUT2D eigenvalue weighted by atomic mass is 9.98. The molecule has 0 aliphatic rings. The number of amides is 2. The zero-order valence-electron chi connectivity index (χ0n) is 17.8. The van der Waals surface area contributed by atoms with E-state index < -0.39 is 24.4 Å². The molecule has 0 radical (unpaired) electrons. The molecule has 0 fully saturated rings. The summed E-state index contributed by atoms with van der Waals surface area (Å²) in [6.07, 6.45) is 1.41. The second-order valence-corrected chi connectivity index (χ2v) is 8.42. The molecule has 0 bridgehead atoms. The van der Waals surface area contributed by atoms with Crippen LogP contribution in [-0.2, 0) is 9.53 Å². The molecule has 2 heterocycles. The number of esters is 1. The molecule has 0 aliphatic carbocycles. The molecule has 2 aromatic heterocycles. The molecule has 1 aromatic carbocycles. The zero-order valence-corrected chi connectivity index (χ0v) is 18.6. The summed E-state index contributed by atoms with van der Waals surface area (Å²) in [4.78, 5) is 37.3. The van der Waals surface area contributed by atoms with E-state index in [2.05, 4.69) is 10.6 Å². The van der Waals surface area contributed by atoms with Gasteiger partial charge in [-0.25, -0.2) is 4.79 Å². The number of hydrogen-bond donors (Lipinski definition) is 2. The van der Waals surface area contributed by atoms with Crippen LogP contribution in [0.1, 0.15) is 56.7 Å². The van der Waals surface area contributed by atoms with Gasteiger partial charge < -0.3 is 19.8 Å². The van der Waals surface area contributed by atoms with Crippen LogP contribution in [0.15, 0.2) is 47.1 Å². The first-order valence-corrected chi connectivity index (χ1v) is 10.6. The molecular formula is C23H24N2O5S. The fourth-order valence-corrected chi connectivity index (χ4v) is 4.00. The number of nitrogens with one attached hydrogen (secondary N) is 2. The molecule has 3 aromatic rings. The molecule has 0 spiro atoms. The van der Waals surface area contributed by atoms with E-state index in [0.29, 0.717) is 15.4 Å². The van der Waals surface area contributed by atoms with Crippen molar-refractivity contribution in [2.24, 2.45) is 0 Å². The molecule has 3 rings (SSSR count). The van der Waals surface area contributed by atoms with Crippen LogP contribution in [0.25, 0.3) is 0 Å². The lowest BCUT2D eigenvalue weighted by Crippen LogP contribution is -2.22. The van der Waals surface area contributed by atoms with Crippen molar-refractivity contribution in [3.8, 4) is 0 Å². The maximum absolute atomic E-state index is 12.5. The Morgan fingerprint density at radius 2 is 1.84 bits per heavy atom. The fourth-order valence-electron chi connectivity index (χ4n) is 3.04. The number of thiophene rings is 1. The van der Waals surface area contributed by atoms with E-state index in [1.54, 1.807) is 25.1 Å². The molecule has 31 heavy (non-hydrogen) atoms. The molecule has 0 atom stereocenters. The van der Waals surface area contributed by atoms with Gasteiger partial charge in [0.25, 0.3) is 11.8 Å². The van der Waals surface area contributed by atoms with Crippen LogP contribution in [0, 0.1) is 13.8 Å². The lowest BCUT2D eigenvalue weighted by Gasteiger charge is -2.16. The molecule has 0 unspecified atom stereocenters. The van der Waals surface area contributed by atoms with Crippen LogP contribution in [0.5, 0.6) is 0 Å². The Labute approximate surface area is 184 Å². The van der Waals surface area contributed by atoms with E-state index in [1.165, 1.54) is 6.26 Å². The number of carbonyl (C=O) groups is 3. The second-order valence-electron chi connectivity index (χ2n) is 7.37. The van der Waals surface area contributed by atoms with E-state index in [0.717, 1.165) is 28.2 Å². The van der Waals surface area contributed by atoms with Crippen LogP contribution < -0.4 is 10.6 Å². The third kappa shape index (κ3) is 5.40. The minimum absolute atomic E-state index is 0.170. The molecule has 8 heteroatoms. The van der Waals surface area contributed by atoms with Crippen molar-refractivity contribution in [2.45, 2.75) is 33.6 Å². The van der Waals surface area contributed by atoms with Crippen molar-refractivity contribution in [1.82, 2.24) is 0 Å². The molecule has 2 N–H and O–H groups in total. The monoisotopic (exact) mass is 440 g/mol. The van der Waals surface area contributed by atoms with Crippen molar-refractivity contribution < 1.29 is 23.5 Å². The van der Waals surface area contributed by atoms with Gasteiger partial charge in [-0.2, -0.15) is 0 Å². The summed E-state index contributed by atoms with van der Waals surface area (Å²) in [5.41, 5.74) is 3.35. The number of rotatable bonds is 7. The predicted octanol–water partition coefficient (Wildman–Crippen LogP) is 5.13. The number of anilines is 2. The van der Waals surface area contributed by atoms with Gasteiger partial charge in [-0.3, -0.25) is 9.59 Å². The summed E-state index contributed by atoms with van der Waals surface area (Å²) < 4.78 is 10.3. The van der Waals surface area contributed by atoms with Gasteiger partial charge in [0.2, 0.25) is 0 Å². The number of furan rings is 1. The summed E-state index contributed by atoms with van der Waals surface area (Å²) in [5.74, 6) is -1.04. The Bertz CT molecular complexity index is 1100. The Morgan fingerprint density at radius 1 is 1.06 bits per heavy atom. The Hall–Kier alpha value is -3.39. The molecule has 0 saturated carbocycles. The first-order valence-electron chi connectivity index (χ1n) is 9.78. The van der Waals surface area contributed by atoms with Crippen molar-refractivity contribution in [1.29, 1.82) is 0 Å². The third-order valence-corrected chi connectivity index (χ3v) is 5.74. The molecule has 0 saturated heterocycles. The van der Waals surface area contributed by atoms with Gasteiger partial charge in [-0.1, -0.05) is 32.0 Å². The number of carbonyl (C=O) groups excluding carboxylic acids is 3. The predicted molar refractivity (Wildman–Crippen MR) is 120 cm³/mol. The highest BCUT2D eigenvalue weighted by Gasteiger charge is 2.19. The first-order chi connectivity index (χ1) is 14.8. The Balaban J connectivity index is 1.61. The van der Waals surface area contributed by atoms with Crippen LogP contribution in [-0.4, -0.2) is 24.4 Å². The summed E-state index contributed by atoms with van der Waals surface area (Å²) in [6, 6.07) is 10.7. The van der Waals surface area contributed by atoms with Crippen molar-refractivity contribution in [2.75, 3.05) is 17.2 Å². The normalized spacial score (nSPS) is 10.7. The van der Waals surface area contributed by atoms with Gasteiger partial charge in [-0.05, 0) is 54.7 Å². The van der Waals surface area contributed by atoms with Gasteiger partial charge in [0.05, 0.1) is 11.3 Å². The second kappa shape index (κ2) is 9.61. The van der Waals surface area contributed by atoms with Crippen LogP contribution >= 0.6 is 11.3 Å². The largest absolute Gasteiger partial charge is 0.459 e. The molecular weight excluding hydrogens is 416 g/mol. The van der Waals surface area contributed by atoms with Crippen molar-refractivity contribution in [3.05, 3.63) is 70.0 Å². The number of ether oxygens (including phenoxy) is 1. The smallest absolute Gasteiger partial charge is 0.349 e. The third-order valence-electron chi connectivity index (χ3n) is 4.61. The van der Waals surface area contributed by atoms with Crippen LogP contribution in [0.3, 0.4) is 0 Å². The molecule has 162 valence electrons. The van der Waals surface area contributed by atoms with Gasteiger partial charge in [-0.15, -0.1) is 11.3 Å². The fraction of sp³-hybridized carbons (Fsp3) is 0.261. The summed E-state index contributed by atoms with van der Waals surface area (Å²) in [5, 5.41) is 6.01. The Kier molecular flexibility index (Phi) is 6.91. The topological polar surface area (TPSA) is 97.6 Å². The summed E-state index contributed by atoms with van der Waals surface area (Å²) in [7, 11) is 0. The maximum atomic E-state index is 12.5. The van der Waals surface area contributed by atoms with Gasteiger partial charge in [0.15, 0.2) is 12.4 Å². The van der Waals surface area contributed by atoms with E-state index >= 15 is 0 Å². The van der Waals surface area contributed by atoms with Crippen molar-refractivity contribution >= 4 is 39.8 Å². The Morgan fingerprint density at radius 3 is 2.52 bits per heavy atom. The average Bonchev–Trinajstić information content (AvgIpc) is 3.37. The highest BCUT2D eigenvalue weighted by atomic mass is 32.1. The molecule has 0 aliphatic heterocycles. The van der Waals surface area contributed by atoms with E-state index in [9.17, 15) is 14.4 Å². The lowest BCUT2D eigenvalue weighted by molar-refractivity contribution is -0.119. The van der Waals surface area contributed by atoms with E-state index in [-0.39, 0.29) is 11.7 Å². The van der Waals surface area contributed by atoms with Gasteiger partial charge in [0, 0.05) is 5.69 Å². The highest BCUT2D eigenvalue weighted by Crippen LogP contribution is 2.29. The maximum Gasteiger partial charge on any atom is 0.349 e. The number of hydrogen-bond acceptors (Lipinski definition) is 6. The molecule has 7 nitrogen and oxygen atoms in total. The summed E-state index contributed by atoms with van der Waals surface area (Å²) >= 11 is 1.08. The minimum Gasteiger partial charge on any atom is -0.459 e. The summed E-state index contributed by atoms with van der Waals surface area (Å²) in [6.45, 7) is 7.34. The van der Waals surface area contributed by atoms with Crippen LogP contribution in [0.2, 0.25) is 0 Å². The standard InChI is InChI=1S/C23H24N2O5S/c1-13(2)16-8-5-7-14(3)20(16)24-18(26)12-30-23(28)21-15(4)11-19(31-21)25-22(27)17-9-6-10-29-17/h5-11,13H,12H2,1-4H3,(H,24,26)(H,25,27). The highest BCUT2D eigenvalue weighted by molar-refractivity contribution is 7.18. The average molecular weight is 441 g/mol. The van der Waals surface area contributed by atoms with Gasteiger partial charge in [0.1, 0.15) is 4.88 Å². The van der Waals surface area contributed by atoms with Crippen LogP contribution in [0.4, 0.5) is 10.7 Å². The SMILES string of the molecule is Cc1cc(NC(=O)c2ccco2)sc1C(=O)OCC(=O)Nc1c(C)cccc1C(C)C. The minimum atomic E-state index is -0.620. The first kappa shape index (κ1) is 22.3. The number of aryl methyl sites for hydroxylation is 2.